The van der Waals surface area contributed by atoms with Gasteiger partial charge in [-0.1, -0.05) is 29.8 Å². The molecule has 3 aromatic carbocycles. The predicted octanol–water partition coefficient (Wildman–Crippen LogP) is 6.44. The van der Waals surface area contributed by atoms with E-state index in [1.807, 2.05) is 56.3 Å². The Labute approximate surface area is 222 Å². The Kier molecular flexibility index (Phi) is 7.60. The number of carbonyl (C=O) groups is 2. The molecule has 1 aliphatic heterocycles. The number of rotatable bonds is 7. The lowest BCUT2D eigenvalue weighted by Gasteiger charge is -2.27. The number of aliphatic hydroxyl groups is 1. The second kappa shape index (κ2) is 10.7. The van der Waals surface area contributed by atoms with E-state index < -0.39 is 17.7 Å². The summed E-state index contributed by atoms with van der Waals surface area (Å²) >= 11 is 6.18. The van der Waals surface area contributed by atoms with Crippen molar-refractivity contribution in [1.29, 1.82) is 0 Å². The molecule has 1 amide bonds. The molecule has 1 saturated heterocycles. The van der Waals surface area contributed by atoms with Crippen LogP contribution in [0, 0.1) is 13.8 Å². The van der Waals surface area contributed by atoms with E-state index in [4.69, 9.17) is 16.3 Å². The van der Waals surface area contributed by atoms with Crippen LogP contribution in [-0.2, 0) is 9.59 Å². The summed E-state index contributed by atoms with van der Waals surface area (Å²) in [6, 6.07) is 17.4. The highest BCUT2D eigenvalue weighted by atomic mass is 35.5. The number of aliphatic hydroxyl groups excluding tert-OH is 1. The van der Waals surface area contributed by atoms with Crippen LogP contribution in [0.4, 0.5) is 11.4 Å². The molecule has 1 heterocycles. The van der Waals surface area contributed by atoms with Crippen LogP contribution in [0.3, 0.4) is 0 Å². The highest BCUT2D eigenvalue weighted by Crippen LogP contribution is 2.43. The first-order valence-corrected chi connectivity index (χ1v) is 12.7. The SMILES string of the molecule is CCN(CC)c1ccc(C2/C(=C(\O)c3ccc(Cl)c(OC)c3)C(=O)C(=O)N2c2ccc(C)c(C)c2)cc1. The first-order valence-electron chi connectivity index (χ1n) is 12.3. The van der Waals surface area contributed by atoms with Crippen molar-refractivity contribution in [3.8, 4) is 5.75 Å². The summed E-state index contributed by atoms with van der Waals surface area (Å²) in [6.45, 7) is 9.84. The molecule has 0 aliphatic carbocycles. The average molecular weight is 519 g/mol. The monoisotopic (exact) mass is 518 g/mol. The second-order valence-corrected chi connectivity index (χ2v) is 9.46. The Morgan fingerprint density at radius 1 is 0.973 bits per heavy atom. The van der Waals surface area contributed by atoms with E-state index in [-0.39, 0.29) is 11.3 Å². The molecule has 3 aromatic rings. The van der Waals surface area contributed by atoms with Gasteiger partial charge in [-0.05, 0) is 86.8 Å². The molecule has 192 valence electrons. The lowest BCUT2D eigenvalue weighted by Crippen LogP contribution is -2.29. The smallest absolute Gasteiger partial charge is 0.300 e. The molecule has 0 radical (unpaired) electrons. The minimum atomic E-state index is -0.811. The number of carbonyl (C=O) groups excluding carboxylic acids is 2. The van der Waals surface area contributed by atoms with Gasteiger partial charge in [0, 0.05) is 30.0 Å². The maximum atomic E-state index is 13.5. The van der Waals surface area contributed by atoms with E-state index in [2.05, 4.69) is 18.7 Å². The van der Waals surface area contributed by atoms with Crippen molar-refractivity contribution in [3.05, 3.63) is 93.5 Å². The molecule has 0 spiro atoms. The number of benzene rings is 3. The summed E-state index contributed by atoms with van der Waals surface area (Å²) in [7, 11) is 1.47. The Morgan fingerprint density at radius 2 is 1.65 bits per heavy atom. The van der Waals surface area contributed by atoms with Crippen LogP contribution >= 0.6 is 11.6 Å². The van der Waals surface area contributed by atoms with Crippen LogP contribution in [0.1, 0.15) is 42.1 Å². The quantitative estimate of drug-likeness (QED) is 0.221. The summed E-state index contributed by atoms with van der Waals surface area (Å²) in [5.41, 5.74) is 4.78. The number of hydrogen-bond acceptors (Lipinski definition) is 5. The normalized spacial score (nSPS) is 16.8. The number of hydrogen-bond donors (Lipinski definition) is 1. The first kappa shape index (κ1) is 26.3. The van der Waals surface area contributed by atoms with E-state index >= 15 is 0 Å². The zero-order chi connectivity index (χ0) is 26.9. The molecule has 4 rings (SSSR count). The molecule has 6 nitrogen and oxygen atoms in total. The zero-order valence-electron chi connectivity index (χ0n) is 21.7. The molecular weight excluding hydrogens is 488 g/mol. The van der Waals surface area contributed by atoms with Crippen LogP contribution < -0.4 is 14.5 Å². The third-order valence-corrected chi connectivity index (χ3v) is 7.29. The minimum absolute atomic E-state index is 0.0168. The predicted molar refractivity (Wildman–Crippen MR) is 149 cm³/mol. The van der Waals surface area contributed by atoms with Crippen LogP contribution in [-0.4, -0.2) is 37.0 Å². The lowest BCUT2D eigenvalue weighted by molar-refractivity contribution is -0.132. The number of ketones is 1. The van der Waals surface area contributed by atoms with E-state index in [0.717, 1.165) is 35.5 Å². The highest BCUT2D eigenvalue weighted by Gasteiger charge is 2.47. The van der Waals surface area contributed by atoms with Gasteiger partial charge >= 0.3 is 0 Å². The second-order valence-electron chi connectivity index (χ2n) is 9.05. The van der Waals surface area contributed by atoms with Gasteiger partial charge < -0.3 is 14.7 Å². The van der Waals surface area contributed by atoms with E-state index in [9.17, 15) is 14.7 Å². The highest BCUT2D eigenvalue weighted by molar-refractivity contribution is 6.51. The van der Waals surface area contributed by atoms with E-state index in [1.165, 1.54) is 12.0 Å². The van der Waals surface area contributed by atoms with Gasteiger partial charge in [0.2, 0.25) is 0 Å². The summed E-state index contributed by atoms with van der Waals surface area (Å²) in [5, 5.41) is 11.8. The van der Waals surface area contributed by atoms with Crippen molar-refractivity contribution in [2.45, 2.75) is 33.7 Å². The number of ether oxygens (including phenoxy) is 1. The third kappa shape index (κ3) is 4.81. The third-order valence-electron chi connectivity index (χ3n) is 6.98. The molecule has 37 heavy (non-hydrogen) atoms. The number of aryl methyl sites for hydroxylation is 2. The first-order chi connectivity index (χ1) is 17.7. The van der Waals surface area contributed by atoms with Gasteiger partial charge in [0.15, 0.2) is 0 Å². The Balaban J connectivity index is 1.92. The molecule has 1 fully saturated rings. The van der Waals surface area contributed by atoms with Crippen molar-refractivity contribution < 1.29 is 19.4 Å². The maximum absolute atomic E-state index is 13.5. The topological polar surface area (TPSA) is 70.1 Å². The fourth-order valence-electron chi connectivity index (χ4n) is 4.71. The summed E-state index contributed by atoms with van der Waals surface area (Å²) < 4.78 is 5.30. The number of Topliss-reactive ketones (excluding diaryl/α,β-unsaturated/α-hetero) is 1. The molecular formula is C30H31ClN2O4. The molecule has 0 saturated carbocycles. The van der Waals surface area contributed by atoms with Crippen LogP contribution in [0.25, 0.3) is 5.76 Å². The molecule has 0 aromatic heterocycles. The van der Waals surface area contributed by atoms with Crippen molar-refractivity contribution in [2.24, 2.45) is 0 Å². The van der Waals surface area contributed by atoms with Gasteiger partial charge in [-0.15, -0.1) is 0 Å². The molecule has 1 atom stereocenters. The molecule has 7 heteroatoms. The summed E-state index contributed by atoms with van der Waals surface area (Å²) in [4.78, 5) is 30.6. The fraction of sp³-hybridized carbons (Fsp3) is 0.267. The van der Waals surface area contributed by atoms with Crippen LogP contribution in [0.5, 0.6) is 5.75 Å². The van der Waals surface area contributed by atoms with Gasteiger partial charge in [0.1, 0.15) is 11.5 Å². The molecule has 1 aliphatic rings. The van der Waals surface area contributed by atoms with Crippen molar-refractivity contribution in [2.75, 3.05) is 30.0 Å². The van der Waals surface area contributed by atoms with Crippen LogP contribution in [0.2, 0.25) is 5.02 Å². The Bertz CT molecular complexity index is 1380. The number of amides is 1. The Hall–Kier alpha value is -3.77. The van der Waals surface area contributed by atoms with E-state index in [0.29, 0.717) is 22.0 Å². The average Bonchev–Trinajstić information content (AvgIpc) is 3.17. The number of halogens is 1. The maximum Gasteiger partial charge on any atom is 0.300 e. The number of anilines is 2. The number of methoxy groups -OCH3 is 1. The van der Waals surface area contributed by atoms with Gasteiger partial charge in [-0.3, -0.25) is 14.5 Å². The van der Waals surface area contributed by atoms with E-state index in [1.54, 1.807) is 18.2 Å². The minimum Gasteiger partial charge on any atom is -0.507 e. The standard InChI is InChI=1S/C30H31ClN2O4/c1-6-32(7-2)22-13-9-20(10-14-22)27-26(28(34)21-11-15-24(31)25(17-21)37-5)29(35)30(36)33(27)23-12-8-18(3)19(4)16-23/h8-17,27,34H,6-7H2,1-5H3/b28-26+. The molecule has 1 N–H and O–H groups in total. The fourth-order valence-corrected chi connectivity index (χ4v) is 4.90. The zero-order valence-corrected chi connectivity index (χ0v) is 22.5. The Morgan fingerprint density at radius 3 is 2.24 bits per heavy atom. The molecule has 0 bridgehead atoms. The largest absolute Gasteiger partial charge is 0.507 e. The van der Waals surface area contributed by atoms with Crippen molar-refractivity contribution in [3.63, 3.8) is 0 Å². The van der Waals surface area contributed by atoms with Gasteiger partial charge in [-0.2, -0.15) is 0 Å². The van der Waals surface area contributed by atoms with Gasteiger partial charge in [0.05, 0.1) is 23.7 Å². The van der Waals surface area contributed by atoms with Crippen LogP contribution in [0.15, 0.2) is 66.2 Å². The summed E-state index contributed by atoms with van der Waals surface area (Å²) in [5.74, 6) is -1.36. The number of nitrogens with zero attached hydrogens (tertiary/aromatic N) is 2. The van der Waals surface area contributed by atoms with Crippen molar-refractivity contribution in [1.82, 2.24) is 0 Å². The summed E-state index contributed by atoms with van der Waals surface area (Å²) in [6.07, 6.45) is 0. The van der Waals surface area contributed by atoms with Gasteiger partial charge in [0.25, 0.3) is 11.7 Å². The molecule has 1 unspecified atom stereocenters. The lowest BCUT2D eigenvalue weighted by atomic mass is 9.94. The van der Waals surface area contributed by atoms with Crippen molar-refractivity contribution >= 4 is 40.4 Å². The van der Waals surface area contributed by atoms with Gasteiger partial charge in [-0.25, -0.2) is 0 Å².